The van der Waals surface area contributed by atoms with Crippen molar-refractivity contribution in [3.63, 3.8) is 0 Å². The molecule has 33 heavy (non-hydrogen) atoms. The zero-order chi connectivity index (χ0) is 23.9. The number of rotatable bonds is 13. The van der Waals surface area contributed by atoms with Crippen molar-refractivity contribution < 1.29 is 34.4 Å². The van der Waals surface area contributed by atoms with Crippen molar-refractivity contribution >= 4 is 12.2 Å². The first-order valence-electron chi connectivity index (χ1n) is 10.9. The Labute approximate surface area is 193 Å². The highest BCUT2D eigenvalue weighted by molar-refractivity contribution is 5.68. The lowest BCUT2D eigenvalue weighted by Crippen LogP contribution is -2.49. The summed E-state index contributed by atoms with van der Waals surface area (Å²) in [6.45, 7) is -0.896. The van der Waals surface area contributed by atoms with E-state index >= 15 is 0 Å². The molecular formula is C24H32N2O7. The van der Waals surface area contributed by atoms with Gasteiger partial charge in [0.25, 0.3) is 0 Å². The Bertz CT molecular complexity index is 820. The quantitative estimate of drug-likeness (QED) is 0.305. The van der Waals surface area contributed by atoms with Crippen molar-refractivity contribution in [3.8, 4) is 0 Å². The molecule has 5 N–H and O–H groups in total. The summed E-state index contributed by atoms with van der Waals surface area (Å²) < 4.78 is 9.81. The van der Waals surface area contributed by atoms with Crippen LogP contribution in [0.25, 0.3) is 0 Å². The van der Waals surface area contributed by atoms with Gasteiger partial charge in [-0.15, -0.1) is 0 Å². The molecule has 0 saturated heterocycles. The SMILES string of the molecule is O=C(N[C@@H](Cc1ccccc1)C[C@H](O)[C@H](Cc1ccccc1)NC(=O)OCCO)OCCO. The highest BCUT2D eigenvalue weighted by atomic mass is 16.6. The third-order valence-electron chi connectivity index (χ3n) is 4.89. The number of alkyl carbamates (subject to hydrolysis) is 2. The maximum Gasteiger partial charge on any atom is 0.407 e. The fourth-order valence-corrected chi connectivity index (χ4v) is 3.38. The molecule has 180 valence electrons. The molecule has 2 aromatic carbocycles. The van der Waals surface area contributed by atoms with Crippen molar-refractivity contribution in [2.24, 2.45) is 0 Å². The predicted molar refractivity (Wildman–Crippen MR) is 122 cm³/mol. The van der Waals surface area contributed by atoms with E-state index in [-0.39, 0.29) is 32.8 Å². The van der Waals surface area contributed by atoms with E-state index in [9.17, 15) is 14.7 Å². The number of hydrogen-bond donors (Lipinski definition) is 5. The van der Waals surface area contributed by atoms with E-state index in [1.165, 1.54) is 0 Å². The molecule has 2 aromatic rings. The van der Waals surface area contributed by atoms with E-state index < -0.39 is 30.4 Å². The van der Waals surface area contributed by atoms with E-state index in [2.05, 4.69) is 10.6 Å². The Morgan fingerprint density at radius 3 is 1.76 bits per heavy atom. The molecule has 0 heterocycles. The first-order chi connectivity index (χ1) is 16.0. The molecule has 0 fully saturated rings. The standard InChI is InChI=1S/C24H32N2O7/c27-11-13-32-23(30)25-20(15-18-7-3-1-4-8-18)17-22(29)21(26-24(31)33-14-12-28)16-19-9-5-2-6-10-19/h1-10,20-22,27-29H,11-17H2,(H,25,30)(H,26,31)/t20-,21-,22-/m0/s1. The molecule has 0 unspecified atom stereocenters. The molecule has 0 radical (unpaired) electrons. The molecule has 0 spiro atoms. The summed E-state index contributed by atoms with van der Waals surface area (Å²) >= 11 is 0. The van der Waals surface area contributed by atoms with Gasteiger partial charge in [-0.1, -0.05) is 60.7 Å². The topological polar surface area (TPSA) is 137 Å². The highest BCUT2D eigenvalue weighted by Crippen LogP contribution is 2.14. The number of benzene rings is 2. The summed E-state index contributed by atoms with van der Waals surface area (Å²) in [4.78, 5) is 24.2. The van der Waals surface area contributed by atoms with Crippen molar-refractivity contribution in [3.05, 3.63) is 71.8 Å². The molecule has 0 saturated carbocycles. The number of aliphatic hydroxyl groups excluding tert-OH is 3. The van der Waals surface area contributed by atoms with Gasteiger partial charge in [-0.2, -0.15) is 0 Å². The lowest BCUT2D eigenvalue weighted by Gasteiger charge is -2.28. The van der Waals surface area contributed by atoms with Crippen LogP contribution in [0.3, 0.4) is 0 Å². The van der Waals surface area contributed by atoms with Gasteiger partial charge in [-0.05, 0) is 30.4 Å². The van der Waals surface area contributed by atoms with Crippen LogP contribution in [-0.4, -0.2) is 72.1 Å². The maximum atomic E-state index is 12.1. The monoisotopic (exact) mass is 460 g/mol. The molecule has 2 rings (SSSR count). The van der Waals surface area contributed by atoms with Gasteiger partial charge >= 0.3 is 12.2 Å². The second-order valence-electron chi connectivity index (χ2n) is 7.49. The van der Waals surface area contributed by atoms with E-state index in [4.69, 9.17) is 19.7 Å². The van der Waals surface area contributed by atoms with Gasteiger partial charge < -0.3 is 35.4 Å². The second kappa shape index (κ2) is 14.8. The van der Waals surface area contributed by atoms with Gasteiger partial charge in [-0.3, -0.25) is 0 Å². The summed E-state index contributed by atoms with van der Waals surface area (Å²) in [7, 11) is 0. The Morgan fingerprint density at radius 1 is 0.758 bits per heavy atom. The van der Waals surface area contributed by atoms with Gasteiger partial charge in [0.05, 0.1) is 25.4 Å². The summed E-state index contributed by atoms with van der Waals surface area (Å²) in [6, 6.07) is 17.6. The third-order valence-corrected chi connectivity index (χ3v) is 4.89. The van der Waals surface area contributed by atoms with Gasteiger partial charge in [-0.25, -0.2) is 9.59 Å². The Balaban J connectivity index is 2.12. The van der Waals surface area contributed by atoms with Crippen molar-refractivity contribution in [2.45, 2.75) is 37.5 Å². The molecule has 0 aliphatic carbocycles. The molecule has 9 heteroatoms. The predicted octanol–water partition coefficient (Wildman–Crippen LogP) is 1.40. The minimum absolute atomic E-state index is 0.126. The number of carbonyl (C=O) groups is 2. The fraction of sp³-hybridized carbons (Fsp3) is 0.417. The lowest BCUT2D eigenvalue weighted by atomic mass is 9.94. The molecule has 3 atom stereocenters. The van der Waals surface area contributed by atoms with Crippen LogP contribution in [0.4, 0.5) is 9.59 Å². The van der Waals surface area contributed by atoms with Crippen molar-refractivity contribution in [1.82, 2.24) is 10.6 Å². The van der Waals surface area contributed by atoms with Crippen molar-refractivity contribution in [1.29, 1.82) is 0 Å². The number of carbonyl (C=O) groups excluding carboxylic acids is 2. The van der Waals surface area contributed by atoms with Crippen LogP contribution in [0.2, 0.25) is 0 Å². The van der Waals surface area contributed by atoms with Gasteiger partial charge in [0.15, 0.2) is 0 Å². The summed E-state index contributed by atoms with van der Waals surface area (Å²) in [5.41, 5.74) is 1.85. The van der Waals surface area contributed by atoms with Crippen LogP contribution in [0, 0.1) is 0 Å². The first kappa shape index (κ1) is 26.1. The average Bonchev–Trinajstić information content (AvgIpc) is 2.82. The normalized spacial score (nSPS) is 13.4. The van der Waals surface area contributed by atoms with E-state index in [0.29, 0.717) is 12.8 Å². The molecular weight excluding hydrogens is 428 g/mol. The van der Waals surface area contributed by atoms with Gasteiger partial charge in [0, 0.05) is 6.04 Å². The summed E-state index contributed by atoms with van der Waals surface area (Å²) in [5.74, 6) is 0. The van der Waals surface area contributed by atoms with Gasteiger partial charge in [0.2, 0.25) is 0 Å². The van der Waals surface area contributed by atoms with Crippen LogP contribution < -0.4 is 10.6 Å². The molecule has 2 amide bonds. The first-order valence-corrected chi connectivity index (χ1v) is 10.9. The molecule has 0 bridgehead atoms. The van der Waals surface area contributed by atoms with Crippen LogP contribution >= 0.6 is 0 Å². The number of nitrogens with one attached hydrogen (secondary N) is 2. The summed E-state index contributed by atoms with van der Waals surface area (Å²) in [6.07, 6.45) is -1.59. The molecule has 0 aliphatic heterocycles. The molecule has 9 nitrogen and oxygen atoms in total. The Kier molecular flexibility index (Phi) is 11.7. The summed E-state index contributed by atoms with van der Waals surface area (Å²) in [5, 5.41) is 34.2. The van der Waals surface area contributed by atoms with Gasteiger partial charge in [0.1, 0.15) is 13.2 Å². The number of ether oxygens (including phenoxy) is 2. The van der Waals surface area contributed by atoms with E-state index in [1.54, 1.807) is 0 Å². The molecule has 0 aromatic heterocycles. The smallest absolute Gasteiger partial charge is 0.407 e. The largest absolute Gasteiger partial charge is 0.447 e. The zero-order valence-corrected chi connectivity index (χ0v) is 18.4. The highest BCUT2D eigenvalue weighted by Gasteiger charge is 2.27. The second-order valence-corrected chi connectivity index (χ2v) is 7.49. The maximum absolute atomic E-state index is 12.1. The number of hydrogen-bond acceptors (Lipinski definition) is 7. The Morgan fingerprint density at radius 2 is 1.24 bits per heavy atom. The van der Waals surface area contributed by atoms with Crippen molar-refractivity contribution in [2.75, 3.05) is 26.4 Å². The van der Waals surface area contributed by atoms with E-state index in [0.717, 1.165) is 11.1 Å². The Hall–Kier alpha value is -3.14. The van der Waals surface area contributed by atoms with E-state index in [1.807, 2.05) is 60.7 Å². The van der Waals surface area contributed by atoms with Crippen LogP contribution in [-0.2, 0) is 22.3 Å². The fourth-order valence-electron chi connectivity index (χ4n) is 3.38. The lowest BCUT2D eigenvalue weighted by molar-refractivity contribution is 0.0809. The van der Waals surface area contributed by atoms with Crippen LogP contribution in [0.5, 0.6) is 0 Å². The zero-order valence-electron chi connectivity index (χ0n) is 18.4. The minimum atomic E-state index is -1.03. The third kappa shape index (κ3) is 10.3. The van der Waals surface area contributed by atoms with Crippen LogP contribution in [0.15, 0.2) is 60.7 Å². The van der Waals surface area contributed by atoms with Crippen LogP contribution in [0.1, 0.15) is 17.5 Å². The number of amides is 2. The molecule has 0 aliphatic rings. The number of aliphatic hydroxyl groups is 3. The minimum Gasteiger partial charge on any atom is -0.447 e. The average molecular weight is 461 g/mol.